The Morgan fingerprint density at radius 3 is 2.69 bits per heavy atom. The molecule has 0 aliphatic rings. The molecule has 0 spiro atoms. The zero-order valence-electron chi connectivity index (χ0n) is 9.66. The summed E-state index contributed by atoms with van der Waals surface area (Å²) >= 11 is 0. The van der Waals surface area contributed by atoms with Crippen LogP contribution >= 0.6 is 0 Å². The van der Waals surface area contributed by atoms with E-state index in [2.05, 4.69) is 10.2 Å². The van der Waals surface area contributed by atoms with Gasteiger partial charge in [-0.15, -0.1) is 0 Å². The van der Waals surface area contributed by atoms with Crippen LogP contribution in [0.25, 0.3) is 10.9 Å². The van der Waals surface area contributed by atoms with E-state index in [0.29, 0.717) is 11.4 Å². The molecule has 0 bridgehead atoms. The number of hydrogen-bond donors (Lipinski definition) is 2. The quantitative estimate of drug-likeness (QED) is 0.720. The van der Waals surface area contributed by atoms with Crippen molar-refractivity contribution in [3.05, 3.63) is 23.8 Å². The predicted molar refractivity (Wildman–Crippen MR) is 64.3 cm³/mol. The van der Waals surface area contributed by atoms with E-state index in [0.717, 1.165) is 10.9 Å². The standard InChI is InChI=1S/C12H15N3O/c1-12(2,3)10(16)7-4-5-8-9(6-7)14-15-11(8)13/h4-6H,1-3H3,(H3,13,14,15). The molecule has 1 heterocycles. The summed E-state index contributed by atoms with van der Waals surface area (Å²) in [6.07, 6.45) is 0. The molecule has 0 fully saturated rings. The zero-order valence-corrected chi connectivity index (χ0v) is 9.66. The highest BCUT2D eigenvalue weighted by Gasteiger charge is 2.23. The highest BCUT2D eigenvalue weighted by Crippen LogP contribution is 2.24. The highest BCUT2D eigenvalue weighted by atomic mass is 16.1. The van der Waals surface area contributed by atoms with Crippen molar-refractivity contribution in [2.24, 2.45) is 5.41 Å². The van der Waals surface area contributed by atoms with Crippen LogP contribution in [0.15, 0.2) is 18.2 Å². The average molecular weight is 217 g/mol. The van der Waals surface area contributed by atoms with Crippen LogP contribution in [0.5, 0.6) is 0 Å². The van der Waals surface area contributed by atoms with E-state index in [9.17, 15) is 4.79 Å². The van der Waals surface area contributed by atoms with Gasteiger partial charge in [-0.25, -0.2) is 0 Å². The molecule has 3 N–H and O–H groups in total. The first-order valence-electron chi connectivity index (χ1n) is 5.18. The molecule has 2 aromatic rings. The lowest BCUT2D eigenvalue weighted by Gasteiger charge is -2.16. The lowest BCUT2D eigenvalue weighted by atomic mass is 9.86. The Bertz CT molecular complexity index is 549. The number of benzene rings is 1. The third-order valence-corrected chi connectivity index (χ3v) is 2.54. The SMILES string of the molecule is CC(C)(C)C(=O)c1ccc2c(N)n[nH]c2c1. The number of carbonyl (C=O) groups excluding carboxylic acids is 1. The molecule has 0 amide bonds. The van der Waals surface area contributed by atoms with Crippen molar-refractivity contribution in [3.8, 4) is 0 Å². The lowest BCUT2D eigenvalue weighted by Crippen LogP contribution is -2.19. The number of carbonyl (C=O) groups is 1. The van der Waals surface area contributed by atoms with Gasteiger partial charge in [-0.3, -0.25) is 9.89 Å². The number of rotatable bonds is 1. The number of fused-ring (bicyclic) bond motifs is 1. The summed E-state index contributed by atoms with van der Waals surface area (Å²) in [5.74, 6) is 0.576. The summed E-state index contributed by atoms with van der Waals surface area (Å²) < 4.78 is 0. The van der Waals surface area contributed by atoms with E-state index < -0.39 is 0 Å². The van der Waals surface area contributed by atoms with Gasteiger partial charge >= 0.3 is 0 Å². The second-order valence-electron chi connectivity index (χ2n) is 4.95. The van der Waals surface area contributed by atoms with Gasteiger partial charge in [-0.2, -0.15) is 5.10 Å². The van der Waals surface area contributed by atoms with Gasteiger partial charge in [0.05, 0.1) is 5.52 Å². The van der Waals surface area contributed by atoms with Gasteiger partial charge in [-0.05, 0) is 12.1 Å². The number of Topliss-reactive ketones (excluding diaryl/α,β-unsaturated/α-hetero) is 1. The summed E-state index contributed by atoms with van der Waals surface area (Å²) in [7, 11) is 0. The molecule has 0 saturated carbocycles. The molecule has 4 nitrogen and oxygen atoms in total. The van der Waals surface area contributed by atoms with E-state index in [1.807, 2.05) is 26.8 Å². The van der Waals surface area contributed by atoms with Gasteiger partial charge in [0, 0.05) is 16.4 Å². The first kappa shape index (κ1) is 10.7. The van der Waals surface area contributed by atoms with Crippen LogP contribution in [0, 0.1) is 5.41 Å². The van der Waals surface area contributed by atoms with Crippen LogP contribution in [0.1, 0.15) is 31.1 Å². The highest BCUT2D eigenvalue weighted by molar-refractivity contribution is 6.03. The first-order valence-corrected chi connectivity index (χ1v) is 5.18. The van der Waals surface area contributed by atoms with Crippen LogP contribution in [-0.2, 0) is 0 Å². The fraction of sp³-hybridized carbons (Fsp3) is 0.333. The maximum atomic E-state index is 12.1. The normalized spacial score (nSPS) is 11.9. The minimum Gasteiger partial charge on any atom is -0.382 e. The monoisotopic (exact) mass is 217 g/mol. The van der Waals surface area contributed by atoms with Gasteiger partial charge in [0.1, 0.15) is 0 Å². The maximum absolute atomic E-state index is 12.1. The van der Waals surface area contributed by atoms with Gasteiger partial charge in [0.25, 0.3) is 0 Å². The molecule has 0 unspecified atom stereocenters. The van der Waals surface area contributed by atoms with Crippen LogP contribution in [0.2, 0.25) is 0 Å². The molecule has 1 aromatic heterocycles. The molecule has 1 aromatic carbocycles. The van der Waals surface area contributed by atoms with Crippen molar-refractivity contribution in [3.63, 3.8) is 0 Å². The Labute approximate surface area is 93.8 Å². The Balaban J connectivity index is 2.52. The number of anilines is 1. The number of aromatic nitrogens is 2. The van der Waals surface area contributed by atoms with Crippen LogP contribution in [-0.4, -0.2) is 16.0 Å². The Morgan fingerprint density at radius 1 is 1.38 bits per heavy atom. The van der Waals surface area contributed by atoms with Crippen molar-refractivity contribution in [1.29, 1.82) is 0 Å². The number of nitrogen functional groups attached to an aromatic ring is 1. The Morgan fingerprint density at radius 2 is 2.06 bits per heavy atom. The molecule has 16 heavy (non-hydrogen) atoms. The number of ketones is 1. The smallest absolute Gasteiger partial charge is 0.168 e. The van der Waals surface area contributed by atoms with Crippen molar-refractivity contribution >= 4 is 22.5 Å². The molecule has 0 atom stereocenters. The van der Waals surface area contributed by atoms with Gasteiger partial charge in [0.2, 0.25) is 0 Å². The van der Waals surface area contributed by atoms with E-state index in [1.165, 1.54) is 0 Å². The third kappa shape index (κ3) is 1.66. The van der Waals surface area contributed by atoms with Crippen molar-refractivity contribution < 1.29 is 4.79 Å². The average Bonchev–Trinajstić information content (AvgIpc) is 2.57. The lowest BCUT2D eigenvalue weighted by molar-refractivity contribution is 0.0858. The molecule has 0 radical (unpaired) electrons. The summed E-state index contributed by atoms with van der Waals surface area (Å²) in [6, 6.07) is 5.42. The van der Waals surface area contributed by atoms with Gasteiger partial charge in [-0.1, -0.05) is 26.8 Å². The number of nitrogens with two attached hydrogens (primary N) is 1. The van der Waals surface area contributed by atoms with Crippen LogP contribution < -0.4 is 5.73 Å². The number of H-pyrrole nitrogens is 1. The van der Waals surface area contributed by atoms with Crippen molar-refractivity contribution in [2.45, 2.75) is 20.8 Å². The Kier molecular flexibility index (Phi) is 2.22. The Hall–Kier alpha value is -1.84. The number of aromatic amines is 1. The molecular weight excluding hydrogens is 202 g/mol. The van der Waals surface area contributed by atoms with Crippen LogP contribution in [0.4, 0.5) is 5.82 Å². The molecule has 4 heteroatoms. The summed E-state index contributed by atoms with van der Waals surface area (Å²) in [4.78, 5) is 12.1. The fourth-order valence-electron chi connectivity index (χ4n) is 1.62. The molecule has 0 saturated heterocycles. The minimum atomic E-state index is -0.376. The summed E-state index contributed by atoms with van der Waals surface area (Å²) in [6.45, 7) is 5.71. The number of hydrogen-bond acceptors (Lipinski definition) is 3. The topological polar surface area (TPSA) is 71.8 Å². The van der Waals surface area contributed by atoms with Crippen molar-refractivity contribution in [2.75, 3.05) is 5.73 Å². The maximum Gasteiger partial charge on any atom is 0.168 e. The predicted octanol–water partition coefficient (Wildman–Crippen LogP) is 2.37. The molecular formula is C12H15N3O. The summed E-state index contributed by atoms with van der Waals surface area (Å²) in [5, 5.41) is 7.56. The second kappa shape index (κ2) is 3.33. The molecule has 2 rings (SSSR count). The van der Waals surface area contributed by atoms with E-state index in [-0.39, 0.29) is 11.2 Å². The number of nitrogens with zero attached hydrogens (tertiary/aromatic N) is 1. The molecule has 0 aliphatic carbocycles. The van der Waals surface area contributed by atoms with Crippen LogP contribution in [0.3, 0.4) is 0 Å². The van der Waals surface area contributed by atoms with E-state index in [1.54, 1.807) is 12.1 Å². The second-order valence-corrected chi connectivity index (χ2v) is 4.95. The minimum absolute atomic E-state index is 0.113. The summed E-state index contributed by atoms with van der Waals surface area (Å²) in [5.41, 5.74) is 6.77. The third-order valence-electron chi connectivity index (χ3n) is 2.54. The first-order chi connectivity index (χ1) is 7.39. The van der Waals surface area contributed by atoms with Gasteiger partial charge in [0.15, 0.2) is 11.6 Å². The number of nitrogens with one attached hydrogen (secondary N) is 1. The van der Waals surface area contributed by atoms with E-state index in [4.69, 9.17) is 5.73 Å². The van der Waals surface area contributed by atoms with Gasteiger partial charge < -0.3 is 5.73 Å². The fourth-order valence-corrected chi connectivity index (χ4v) is 1.62. The largest absolute Gasteiger partial charge is 0.382 e. The zero-order chi connectivity index (χ0) is 11.9. The molecule has 84 valence electrons. The van der Waals surface area contributed by atoms with Crippen molar-refractivity contribution in [1.82, 2.24) is 10.2 Å². The molecule has 0 aliphatic heterocycles. The van der Waals surface area contributed by atoms with E-state index >= 15 is 0 Å².